The molecule has 35 heavy (non-hydrogen) atoms. The number of hydrogen-bond acceptors (Lipinski definition) is 4. The van der Waals surface area contributed by atoms with Gasteiger partial charge in [-0.05, 0) is 29.2 Å². The van der Waals surface area contributed by atoms with E-state index in [1.54, 1.807) is 36.1 Å². The Morgan fingerprint density at radius 2 is 1.80 bits per heavy atom. The lowest BCUT2D eigenvalue weighted by atomic mass is 10.0. The molecule has 0 fully saturated rings. The van der Waals surface area contributed by atoms with Crippen LogP contribution in [0.15, 0.2) is 42.5 Å². The van der Waals surface area contributed by atoms with Crippen molar-refractivity contribution in [1.29, 1.82) is 0 Å². The van der Waals surface area contributed by atoms with Crippen molar-refractivity contribution in [2.24, 2.45) is 11.8 Å². The highest BCUT2D eigenvalue weighted by atomic mass is 35.5. The summed E-state index contributed by atoms with van der Waals surface area (Å²) in [6.07, 6.45) is -3.74. The molecule has 0 aromatic heterocycles. The molecule has 0 saturated carbocycles. The zero-order valence-corrected chi connectivity index (χ0v) is 21.0. The lowest BCUT2D eigenvalue weighted by Crippen LogP contribution is -2.43. The molecule has 192 valence electrons. The highest BCUT2D eigenvalue weighted by Gasteiger charge is 2.41. The summed E-state index contributed by atoms with van der Waals surface area (Å²) in [6.45, 7) is 7.23. The predicted octanol–water partition coefficient (Wildman–Crippen LogP) is 6.02. The van der Waals surface area contributed by atoms with E-state index in [4.69, 9.17) is 21.1 Å². The second kappa shape index (κ2) is 12.0. The Labute approximate surface area is 209 Å². The van der Waals surface area contributed by atoms with Gasteiger partial charge in [-0.25, -0.2) is 0 Å². The second-order valence-electron chi connectivity index (χ2n) is 9.26. The predicted molar refractivity (Wildman–Crippen MR) is 130 cm³/mol. The number of ether oxygens (including phenoxy) is 2. The first-order chi connectivity index (χ1) is 16.6. The van der Waals surface area contributed by atoms with Gasteiger partial charge in [-0.1, -0.05) is 62.7 Å². The molecule has 0 radical (unpaired) electrons. The molecule has 0 aliphatic carbocycles. The first kappa shape index (κ1) is 27.1. The number of nitrogens with one attached hydrogen (secondary N) is 1. The molecule has 0 spiro atoms. The Morgan fingerprint density at radius 3 is 2.46 bits per heavy atom. The van der Waals surface area contributed by atoms with Crippen LogP contribution >= 0.6 is 11.6 Å². The van der Waals surface area contributed by atoms with Crippen molar-refractivity contribution in [1.82, 2.24) is 10.2 Å². The molecule has 0 saturated heterocycles. The molecule has 3 rings (SSSR count). The number of nitrogens with zero attached hydrogens (tertiary/aromatic N) is 1. The largest absolute Gasteiger partial charge is 0.489 e. The van der Waals surface area contributed by atoms with E-state index in [2.05, 4.69) is 5.32 Å². The van der Waals surface area contributed by atoms with Crippen LogP contribution in [-0.4, -0.2) is 43.3 Å². The molecule has 0 bridgehead atoms. The van der Waals surface area contributed by atoms with E-state index < -0.39 is 18.1 Å². The fraction of sp³-hybridized carbons (Fsp3) is 0.500. The van der Waals surface area contributed by atoms with Crippen LogP contribution in [0.2, 0.25) is 5.02 Å². The molecule has 2 aromatic rings. The van der Waals surface area contributed by atoms with E-state index in [-0.39, 0.29) is 30.5 Å². The van der Waals surface area contributed by atoms with Crippen molar-refractivity contribution in [3.05, 3.63) is 58.6 Å². The van der Waals surface area contributed by atoms with Crippen molar-refractivity contribution in [2.75, 3.05) is 26.3 Å². The molecule has 1 heterocycles. The molecule has 1 amide bonds. The van der Waals surface area contributed by atoms with E-state index in [1.165, 1.54) is 12.1 Å². The van der Waals surface area contributed by atoms with E-state index in [1.807, 2.05) is 19.9 Å². The lowest BCUT2D eigenvalue weighted by Gasteiger charge is -2.29. The minimum absolute atomic E-state index is 0.112. The molecule has 9 heteroatoms. The van der Waals surface area contributed by atoms with Crippen molar-refractivity contribution >= 4 is 17.5 Å². The summed E-state index contributed by atoms with van der Waals surface area (Å²) in [4.78, 5) is 15.0. The van der Waals surface area contributed by atoms with Gasteiger partial charge in [0, 0.05) is 32.0 Å². The molecule has 1 aliphatic rings. The van der Waals surface area contributed by atoms with Crippen molar-refractivity contribution in [2.45, 2.75) is 46.0 Å². The minimum atomic E-state index is -4.48. The summed E-state index contributed by atoms with van der Waals surface area (Å²) in [5.74, 6) is 0.294. The van der Waals surface area contributed by atoms with Crippen molar-refractivity contribution in [3.63, 3.8) is 0 Å². The fourth-order valence-electron chi connectivity index (χ4n) is 4.03. The van der Waals surface area contributed by atoms with Gasteiger partial charge in [0.2, 0.25) is 5.91 Å². The van der Waals surface area contributed by atoms with Crippen LogP contribution in [-0.2, 0) is 11.3 Å². The van der Waals surface area contributed by atoms with Gasteiger partial charge in [0.25, 0.3) is 0 Å². The van der Waals surface area contributed by atoms with Gasteiger partial charge < -0.3 is 19.7 Å². The molecule has 5 nitrogen and oxygen atoms in total. The van der Waals surface area contributed by atoms with Crippen LogP contribution < -0.4 is 14.8 Å². The summed E-state index contributed by atoms with van der Waals surface area (Å²) in [6, 6.07) is 9.35. The smallest absolute Gasteiger partial charge is 0.407 e. The molecule has 1 aliphatic heterocycles. The van der Waals surface area contributed by atoms with Crippen LogP contribution in [0.4, 0.5) is 13.2 Å². The summed E-state index contributed by atoms with van der Waals surface area (Å²) >= 11 is 6.41. The quantitative estimate of drug-likeness (QED) is 0.446. The first-order valence-electron chi connectivity index (χ1n) is 11.8. The van der Waals surface area contributed by atoms with Gasteiger partial charge >= 0.3 is 6.18 Å². The van der Waals surface area contributed by atoms with Crippen LogP contribution in [0.3, 0.4) is 0 Å². The molecule has 1 N–H and O–H groups in total. The molecule has 2 aromatic carbocycles. The fourth-order valence-corrected chi connectivity index (χ4v) is 4.32. The Hall–Kier alpha value is -2.45. The van der Waals surface area contributed by atoms with E-state index >= 15 is 0 Å². The number of benzene rings is 2. The third-order valence-electron chi connectivity index (χ3n) is 5.64. The average molecular weight is 513 g/mol. The Bertz CT molecular complexity index is 986. The SMILES string of the molecule is CC(C)CN(Cc1cc(Cl)c2c(c1)OCCCO2)C(=O)C(C)CNC(c1ccccc1)C(F)(F)F. The second-order valence-corrected chi connectivity index (χ2v) is 9.67. The molecule has 2 unspecified atom stereocenters. The number of rotatable bonds is 9. The Balaban J connectivity index is 1.73. The summed E-state index contributed by atoms with van der Waals surface area (Å²) < 4.78 is 52.5. The van der Waals surface area contributed by atoms with Gasteiger partial charge in [-0.15, -0.1) is 0 Å². The van der Waals surface area contributed by atoms with Gasteiger partial charge in [0.1, 0.15) is 6.04 Å². The van der Waals surface area contributed by atoms with Gasteiger partial charge in [0.15, 0.2) is 11.5 Å². The number of hydrogen-bond donors (Lipinski definition) is 1. The summed E-state index contributed by atoms with van der Waals surface area (Å²) in [7, 11) is 0. The molecular weight excluding hydrogens is 481 g/mol. The van der Waals surface area contributed by atoms with Gasteiger partial charge in [-0.2, -0.15) is 13.2 Å². The Morgan fingerprint density at radius 1 is 1.11 bits per heavy atom. The van der Waals surface area contributed by atoms with Crippen LogP contribution in [0, 0.1) is 11.8 Å². The summed E-state index contributed by atoms with van der Waals surface area (Å²) in [5, 5.41) is 2.96. The molecule has 2 atom stereocenters. The number of amides is 1. The zero-order valence-electron chi connectivity index (χ0n) is 20.2. The first-order valence-corrected chi connectivity index (χ1v) is 12.2. The van der Waals surface area contributed by atoms with E-state index in [0.717, 1.165) is 12.0 Å². The van der Waals surface area contributed by atoms with Gasteiger partial charge in [0.05, 0.1) is 18.2 Å². The average Bonchev–Trinajstić information content (AvgIpc) is 3.03. The number of fused-ring (bicyclic) bond motifs is 1. The number of carbonyl (C=O) groups is 1. The number of alkyl halides is 3. The Kier molecular flexibility index (Phi) is 9.30. The normalized spacial score (nSPS) is 15.4. The lowest BCUT2D eigenvalue weighted by molar-refractivity contribution is -0.159. The van der Waals surface area contributed by atoms with E-state index in [0.29, 0.717) is 36.3 Å². The van der Waals surface area contributed by atoms with Crippen LogP contribution in [0.1, 0.15) is 44.4 Å². The standard InChI is InChI=1S/C26H32ClF3N2O3/c1-17(2)15-32(16-19-12-21(27)23-22(13-19)34-10-7-11-35-23)25(33)18(3)14-31-24(26(28,29)30)20-8-5-4-6-9-20/h4-6,8-9,12-13,17-18,24,31H,7,10-11,14-16H2,1-3H3. The highest BCUT2D eigenvalue weighted by molar-refractivity contribution is 6.32. The monoisotopic (exact) mass is 512 g/mol. The van der Waals surface area contributed by atoms with Crippen LogP contribution in [0.25, 0.3) is 0 Å². The minimum Gasteiger partial charge on any atom is -0.489 e. The maximum absolute atomic E-state index is 13.7. The highest BCUT2D eigenvalue weighted by Crippen LogP contribution is 2.38. The van der Waals surface area contributed by atoms with Crippen molar-refractivity contribution < 1.29 is 27.4 Å². The van der Waals surface area contributed by atoms with Crippen LogP contribution in [0.5, 0.6) is 11.5 Å². The maximum Gasteiger partial charge on any atom is 0.407 e. The maximum atomic E-state index is 13.7. The number of carbonyl (C=O) groups excluding carboxylic acids is 1. The third-order valence-corrected chi connectivity index (χ3v) is 5.92. The number of halogens is 4. The topological polar surface area (TPSA) is 50.8 Å². The van der Waals surface area contributed by atoms with Crippen molar-refractivity contribution in [3.8, 4) is 11.5 Å². The third kappa shape index (κ3) is 7.51. The zero-order chi connectivity index (χ0) is 25.6. The van der Waals surface area contributed by atoms with E-state index in [9.17, 15) is 18.0 Å². The van der Waals surface area contributed by atoms with Gasteiger partial charge in [-0.3, -0.25) is 4.79 Å². The molecular formula is C26H32ClF3N2O3. The summed E-state index contributed by atoms with van der Waals surface area (Å²) in [5.41, 5.74) is 0.881.